The van der Waals surface area contributed by atoms with E-state index in [0.717, 1.165) is 114 Å². The zero-order valence-corrected chi connectivity index (χ0v) is 57.0. The van der Waals surface area contributed by atoms with E-state index in [1.54, 1.807) is 0 Å². The molecule has 85 heavy (non-hydrogen) atoms. The molecular formula is C66H128O17P2. The first kappa shape index (κ1) is 83.1. The second-order valence-corrected chi connectivity index (χ2v) is 28.0. The Kier molecular flexibility index (Phi) is 54.8. The summed E-state index contributed by atoms with van der Waals surface area (Å²) < 4.78 is 68.1. The predicted molar refractivity (Wildman–Crippen MR) is 340 cm³/mol. The van der Waals surface area contributed by atoms with Crippen molar-refractivity contribution >= 4 is 39.5 Å². The number of carbonyl (C=O) groups is 4. The summed E-state index contributed by atoms with van der Waals surface area (Å²) >= 11 is 0. The molecule has 0 aliphatic rings. The van der Waals surface area contributed by atoms with Crippen LogP contribution in [0.5, 0.6) is 0 Å². The van der Waals surface area contributed by atoms with Gasteiger partial charge in [0.15, 0.2) is 12.2 Å². The average molecular weight is 1260 g/mol. The molecule has 0 aromatic heterocycles. The van der Waals surface area contributed by atoms with Gasteiger partial charge < -0.3 is 33.8 Å². The minimum atomic E-state index is -4.95. The lowest BCUT2D eigenvalue weighted by Gasteiger charge is -2.21. The lowest BCUT2D eigenvalue weighted by atomic mass is 9.99. The first-order valence-electron chi connectivity index (χ1n) is 34.3. The van der Waals surface area contributed by atoms with Gasteiger partial charge in [0.1, 0.15) is 19.3 Å². The van der Waals surface area contributed by atoms with E-state index in [1.807, 2.05) is 0 Å². The van der Waals surface area contributed by atoms with Crippen LogP contribution in [0.25, 0.3) is 0 Å². The number of aliphatic hydroxyl groups is 1. The molecule has 17 nitrogen and oxygen atoms in total. The Labute approximate surface area is 517 Å². The predicted octanol–water partition coefficient (Wildman–Crippen LogP) is 18.1. The van der Waals surface area contributed by atoms with Crippen LogP contribution in [0, 0.1) is 23.7 Å². The maximum Gasteiger partial charge on any atom is 0.472 e. The Balaban J connectivity index is 5.25. The van der Waals surface area contributed by atoms with Gasteiger partial charge in [-0.15, -0.1) is 0 Å². The molecule has 0 aliphatic heterocycles. The van der Waals surface area contributed by atoms with E-state index in [1.165, 1.54) is 116 Å². The van der Waals surface area contributed by atoms with Crippen molar-refractivity contribution in [1.29, 1.82) is 0 Å². The zero-order valence-electron chi connectivity index (χ0n) is 55.2. The highest BCUT2D eigenvalue weighted by molar-refractivity contribution is 7.47. The molecule has 0 rings (SSSR count). The lowest BCUT2D eigenvalue weighted by molar-refractivity contribution is -0.161. The number of esters is 4. The van der Waals surface area contributed by atoms with Crippen molar-refractivity contribution in [3.63, 3.8) is 0 Å². The number of rotatable bonds is 63. The average Bonchev–Trinajstić information content (AvgIpc) is 3.59. The van der Waals surface area contributed by atoms with Crippen LogP contribution in [-0.4, -0.2) is 96.7 Å². The number of hydrogen-bond donors (Lipinski definition) is 3. The van der Waals surface area contributed by atoms with Crippen molar-refractivity contribution in [2.24, 2.45) is 23.7 Å². The van der Waals surface area contributed by atoms with Gasteiger partial charge in [-0.1, -0.05) is 267 Å². The van der Waals surface area contributed by atoms with E-state index in [9.17, 15) is 43.2 Å². The van der Waals surface area contributed by atoms with E-state index in [0.29, 0.717) is 31.6 Å². The summed E-state index contributed by atoms with van der Waals surface area (Å²) in [5.74, 6) is 0.840. The van der Waals surface area contributed by atoms with Crippen molar-refractivity contribution in [3.05, 3.63) is 0 Å². The standard InChI is InChI=1S/C66H128O17P2/c1-9-57(6)43-35-27-18-14-12-13-15-21-32-40-48-65(70)82-61(53-77-64(69)47-39-31-25-23-29-37-45-59(8)11-3)54-80-84(72,73)78-50-60(67)51-79-85(74,75)81-55-62(83-66(71)49-41-33-24-22-26-34-42-56(4)5)52-76-63(68)46-38-30-20-17-16-19-28-36-44-58(7)10-2/h56-62,67H,9-55H2,1-8H3,(H,72,73)(H,74,75)/t57?,58?,59?,60-,61+,62+/m0/s1. The van der Waals surface area contributed by atoms with E-state index in [2.05, 4.69) is 55.4 Å². The summed E-state index contributed by atoms with van der Waals surface area (Å²) in [5, 5.41) is 10.5. The first-order valence-corrected chi connectivity index (χ1v) is 37.3. The van der Waals surface area contributed by atoms with E-state index < -0.39 is 97.5 Å². The summed E-state index contributed by atoms with van der Waals surface area (Å²) in [4.78, 5) is 72.3. The van der Waals surface area contributed by atoms with Crippen molar-refractivity contribution in [2.45, 2.75) is 337 Å². The third-order valence-corrected chi connectivity index (χ3v) is 18.1. The Morgan fingerprint density at radius 1 is 0.329 bits per heavy atom. The van der Waals surface area contributed by atoms with Crippen LogP contribution in [0.3, 0.4) is 0 Å². The highest BCUT2D eigenvalue weighted by Gasteiger charge is 2.30. The molecule has 0 fully saturated rings. The molecule has 0 aromatic carbocycles. The number of hydrogen-bond acceptors (Lipinski definition) is 15. The third-order valence-electron chi connectivity index (χ3n) is 16.2. The first-order chi connectivity index (χ1) is 40.7. The fraction of sp³-hybridized carbons (Fsp3) is 0.939. The molecule has 0 bridgehead atoms. The molecule has 0 saturated heterocycles. The smallest absolute Gasteiger partial charge is 0.462 e. The topological polar surface area (TPSA) is 237 Å². The van der Waals surface area contributed by atoms with Gasteiger partial charge in [0.05, 0.1) is 26.4 Å². The fourth-order valence-corrected chi connectivity index (χ4v) is 11.3. The van der Waals surface area contributed by atoms with Crippen molar-refractivity contribution in [1.82, 2.24) is 0 Å². The quantitative estimate of drug-likeness (QED) is 0.0222. The Hall–Kier alpha value is -1.94. The molecule has 0 aliphatic carbocycles. The molecule has 0 amide bonds. The maximum atomic E-state index is 13.0. The Bertz CT molecular complexity index is 1700. The normalized spacial score (nSPS) is 15.3. The minimum Gasteiger partial charge on any atom is -0.462 e. The Morgan fingerprint density at radius 3 is 0.835 bits per heavy atom. The van der Waals surface area contributed by atoms with Gasteiger partial charge in [0.25, 0.3) is 0 Å². The molecule has 5 unspecified atom stereocenters. The van der Waals surface area contributed by atoms with Crippen molar-refractivity contribution in [2.75, 3.05) is 39.6 Å². The molecule has 0 radical (unpaired) electrons. The molecule has 19 heteroatoms. The highest BCUT2D eigenvalue weighted by Crippen LogP contribution is 2.45. The van der Waals surface area contributed by atoms with Gasteiger partial charge in [0.2, 0.25) is 0 Å². The molecule has 0 spiro atoms. The van der Waals surface area contributed by atoms with E-state index >= 15 is 0 Å². The summed E-state index contributed by atoms with van der Waals surface area (Å²) in [6, 6.07) is 0. The lowest BCUT2D eigenvalue weighted by Crippen LogP contribution is -2.30. The maximum absolute atomic E-state index is 13.0. The molecule has 0 aromatic rings. The number of ether oxygens (including phenoxy) is 4. The molecular weight excluding hydrogens is 1130 g/mol. The molecule has 3 N–H and O–H groups in total. The second kappa shape index (κ2) is 56.1. The van der Waals surface area contributed by atoms with E-state index in [4.69, 9.17) is 37.0 Å². The molecule has 504 valence electrons. The summed E-state index contributed by atoms with van der Waals surface area (Å²) in [5.41, 5.74) is 0. The summed E-state index contributed by atoms with van der Waals surface area (Å²) in [6.45, 7) is 14.0. The van der Waals surface area contributed by atoms with Gasteiger partial charge in [-0.2, -0.15) is 0 Å². The SMILES string of the molecule is CCC(C)CCCCCCCCCCCCC(=O)O[C@H](COC(=O)CCCCCCCCC(C)CC)COP(=O)(O)OC[C@H](O)COP(=O)(O)OC[C@@H](COC(=O)CCCCCCCCCCC(C)CC)OC(=O)CCCCCCCCC(C)C. The van der Waals surface area contributed by atoms with Crippen LogP contribution in [0.4, 0.5) is 0 Å². The second-order valence-electron chi connectivity index (χ2n) is 25.1. The minimum absolute atomic E-state index is 0.101. The van der Waals surface area contributed by atoms with Crippen LogP contribution in [0.15, 0.2) is 0 Å². The number of aliphatic hydroxyl groups excluding tert-OH is 1. The third kappa shape index (κ3) is 57.0. The van der Waals surface area contributed by atoms with Crippen molar-refractivity contribution in [3.8, 4) is 0 Å². The van der Waals surface area contributed by atoms with Crippen LogP contribution in [0.2, 0.25) is 0 Å². The number of carbonyl (C=O) groups excluding carboxylic acids is 4. The van der Waals surface area contributed by atoms with Crippen LogP contribution in [-0.2, 0) is 65.4 Å². The van der Waals surface area contributed by atoms with Crippen LogP contribution < -0.4 is 0 Å². The molecule has 0 heterocycles. The van der Waals surface area contributed by atoms with Crippen molar-refractivity contribution < 1.29 is 80.2 Å². The van der Waals surface area contributed by atoms with Crippen LogP contribution >= 0.6 is 15.6 Å². The number of phosphoric acid groups is 2. The van der Waals surface area contributed by atoms with Gasteiger partial charge in [-0.3, -0.25) is 37.3 Å². The highest BCUT2D eigenvalue weighted by atomic mass is 31.2. The number of unbranched alkanes of at least 4 members (excludes halogenated alkanes) is 26. The monoisotopic (exact) mass is 1250 g/mol. The fourth-order valence-electron chi connectivity index (χ4n) is 9.69. The zero-order chi connectivity index (χ0) is 63.2. The van der Waals surface area contributed by atoms with Gasteiger partial charge in [-0.25, -0.2) is 9.13 Å². The van der Waals surface area contributed by atoms with Gasteiger partial charge in [-0.05, 0) is 49.4 Å². The van der Waals surface area contributed by atoms with E-state index in [-0.39, 0.29) is 25.7 Å². The largest absolute Gasteiger partial charge is 0.472 e. The Morgan fingerprint density at radius 2 is 0.565 bits per heavy atom. The van der Waals surface area contributed by atoms with Gasteiger partial charge in [0, 0.05) is 25.7 Å². The van der Waals surface area contributed by atoms with Crippen LogP contribution in [0.1, 0.15) is 319 Å². The summed E-state index contributed by atoms with van der Waals surface area (Å²) in [7, 11) is -9.89. The van der Waals surface area contributed by atoms with Gasteiger partial charge >= 0.3 is 39.5 Å². The number of phosphoric ester groups is 2. The molecule has 8 atom stereocenters. The molecule has 0 saturated carbocycles. The summed E-state index contributed by atoms with van der Waals surface area (Å²) in [6.07, 6.45) is 36.2.